The summed E-state index contributed by atoms with van der Waals surface area (Å²) in [6.45, 7) is 8.32. The summed E-state index contributed by atoms with van der Waals surface area (Å²) in [4.78, 5) is 26.2. The third kappa shape index (κ3) is 2.76. The number of ether oxygens (including phenoxy) is 2. The van der Waals surface area contributed by atoms with Crippen LogP contribution >= 0.6 is 0 Å². The van der Waals surface area contributed by atoms with Crippen molar-refractivity contribution in [3.63, 3.8) is 0 Å². The lowest BCUT2D eigenvalue weighted by Crippen LogP contribution is -2.73. The molecule has 2 fully saturated rings. The summed E-state index contributed by atoms with van der Waals surface area (Å²) < 4.78 is 18.1. The Morgan fingerprint density at radius 3 is 2.64 bits per heavy atom. The minimum Gasteiger partial charge on any atom is -0.462 e. The molecule has 1 aliphatic carbocycles. The van der Waals surface area contributed by atoms with Crippen LogP contribution in [0.15, 0.2) is 35.9 Å². The zero-order chi connectivity index (χ0) is 20.2. The molecule has 4 rings (SSSR count). The third-order valence-electron chi connectivity index (χ3n) is 5.59. The Bertz CT molecular complexity index is 846. The fourth-order valence-electron chi connectivity index (χ4n) is 4.80. The van der Waals surface area contributed by atoms with E-state index < -0.39 is 25.7 Å². The second kappa shape index (κ2) is 6.54. The SMILES string of the molecule is CCOC(=O)C1=C(c2ccccc2)NC(=O)[C@]12O[C@@]1(O[Si](C)(C)C)CCC[C@H]12. The van der Waals surface area contributed by atoms with Gasteiger partial charge in [0, 0.05) is 6.42 Å². The van der Waals surface area contributed by atoms with E-state index in [-0.39, 0.29) is 24.0 Å². The largest absolute Gasteiger partial charge is 0.462 e. The maximum Gasteiger partial charge on any atom is 0.339 e. The molecule has 1 spiro atoms. The summed E-state index contributed by atoms with van der Waals surface area (Å²) in [6, 6.07) is 9.38. The summed E-state index contributed by atoms with van der Waals surface area (Å²) in [5.74, 6) is -1.76. The smallest absolute Gasteiger partial charge is 0.339 e. The first-order valence-electron chi connectivity index (χ1n) is 9.92. The van der Waals surface area contributed by atoms with Gasteiger partial charge in [-0.1, -0.05) is 30.3 Å². The third-order valence-corrected chi connectivity index (χ3v) is 6.55. The fraction of sp³-hybridized carbons (Fsp3) is 0.524. The minimum absolute atomic E-state index is 0.188. The number of nitrogens with one attached hydrogen (secondary N) is 1. The first-order chi connectivity index (χ1) is 13.2. The summed E-state index contributed by atoms with van der Waals surface area (Å²) >= 11 is 0. The van der Waals surface area contributed by atoms with E-state index >= 15 is 0 Å². The van der Waals surface area contributed by atoms with Gasteiger partial charge in [0.1, 0.15) is 5.57 Å². The van der Waals surface area contributed by atoms with Crippen molar-refractivity contribution in [1.29, 1.82) is 0 Å². The summed E-state index contributed by atoms with van der Waals surface area (Å²) in [7, 11) is -1.91. The molecular weight excluding hydrogens is 374 g/mol. The van der Waals surface area contributed by atoms with Crippen molar-refractivity contribution in [1.82, 2.24) is 5.32 Å². The van der Waals surface area contributed by atoms with E-state index in [4.69, 9.17) is 13.9 Å². The van der Waals surface area contributed by atoms with Crippen LogP contribution in [0.25, 0.3) is 5.70 Å². The molecule has 150 valence electrons. The van der Waals surface area contributed by atoms with Gasteiger partial charge >= 0.3 is 5.97 Å². The normalized spacial score (nSPS) is 31.6. The molecule has 7 heteroatoms. The molecule has 1 aromatic carbocycles. The quantitative estimate of drug-likeness (QED) is 0.606. The zero-order valence-corrected chi connectivity index (χ0v) is 17.8. The van der Waals surface area contributed by atoms with Gasteiger partial charge in [-0.3, -0.25) is 4.79 Å². The van der Waals surface area contributed by atoms with Gasteiger partial charge in [0.25, 0.3) is 5.91 Å². The molecule has 2 heterocycles. The molecule has 28 heavy (non-hydrogen) atoms. The van der Waals surface area contributed by atoms with Crippen molar-refractivity contribution in [3.8, 4) is 0 Å². The van der Waals surface area contributed by atoms with Gasteiger partial charge < -0.3 is 19.2 Å². The summed E-state index contributed by atoms with van der Waals surface area (Å²) in [5, 5.41) is 2.92. The predicted octanol–water partition coefficient (Wildman–Crippen LogP) is 3.21. The number of rotatable bonds is 5. The van der Waals surface area contributed by atoms with E-state index in [1.807, 2.05) is 30.3 Å². The van der Waals surface area contributed by atoms with Crippen LogP contribution in [0.2, 0.25) is 19.6 Å². The standard InChI is InChI=1S/C21H27NO5Si/c1-5-25-18(23)16-17(14-10-7-6-8-11-14)22-19(24)21(16)15-12-9-13-20(15,26-21)27-28(2,3)4/h6-8,10-11,15H,5,9,12-13H2,1-4H3,(H,22,24)/t15-,20-,21-/m1/s1. The first-order valence-corrected chi connectivity index (χ1v) is 13.3. The molecule has 0 aromatic heterocycles. The van der Waals surface area contributed by atoms with E-state index in [1.54, 1.807) is 6.92 Å². The van der Waals surface area contributed by atoms with E-state index in [9.17, 15) is 9.59 Å². The number of carbonyl (C=O) groups excluding carboxylic acids is 2. The maximum atomic E-state index is 13.2. The molecule has 6 nitrogen and oxygen atoms in total. The Labute approximate surface area is 166 Å². The molecule has 2 aliphatic heterocycles. The van der Waals surface area contributed by atoms with Crippen LogP contribution in [0.5, 0.6) is 0 Å². The highest BCUT2D eigenvalue weighted by Gasteiger charge is 2.76. The zero-order valence-electron chi connectivity index (χ0n) is 16.8. The molecule has 0 radical (unpaired) electrons. The summed E-state index contributed by atoms with van der Waals surface area (Å²) in [5.41, 5.74) is 0.207. The molecule has 0 bridgehead atoms. The predicted molar refractivity (Wildman–Crippen MR) is 106 cm³/mol. The Kier molecular flexibility index (Phi) is 4.52. The number of hydrogen-bond donors (Lipinski definition) is 1. The topological polar surface area (TPSA) is 73.9 Å². The molecule has 1 N–H and O–H groups in total. The molecule has 1 saturated heterocycles. The lowest BCUT2D eigenvalue weighted by Gasteiger charge is -2.58. The van der Waals surface area contributed by atoms with Gasteiger partial charge in [0.05, 0.1) is 18.2 Å². The number of amides is 1. The fourth-order valence-corrected chi connectivity index (χ4v) is 6.13. The van der Waals surface area contributed by atoms with Crippen molar-refractivity contribution in [3.05, 3.63) is 41.5 Å². The highest BCUT2D eigenvalue weighted by atomic mass is 28.4. The summed E-state index contributed by atoms with van der Waals surface area (Å²) in [6.07, 6.45) is 2.43. The molecular formula is C21H27NO5Si. The highest BCUT2D eigenvalue weighted by Crippen LogP contribution is 2.63. The second-order valence-corrected chi connectivity index (χ2v) is 13.0. The van der Waals surface area contributed by atoms with Crippen molar-refractivity contribution < 1.29 is 23.5 Å². The molecule has 3 aliphatic rings. The van der Waals surface area contributed by atoms with Crippen LogP contribution < -0.4 is 5.32 Å². The van der Waals surface area contributed by atoms with E-state index in [1.165, 1.54) is 0 Å². The van der Waals surface area contributed by atoms with Crippen molar-refractivity contribution in [2.75, 3.05) is 6.61 Å². The van der Waals surface area contributed by atoms with Crippen molar-refractivity contribution >= 4 is 25.9 Å². The van der Waals surface area contributed by atoms with Gasteiger partial charge in [-0.15, -0.1) is 0 Å². The van der Waals surface area contributed by atoms with Crippen LogP contribution in [0.4, 0.5) is 0 Å². The van der Waals surface area contributed by atoms with Crippen LogP contribution in [0, 0.1) is 5.92 Å². The van der Waals surface area contributed by atoms with Gasteiger partial charge in [-0.25, -0.2) is 4.79 Å². The van der Waals surface area contributed by atoms with Gasteiger partial charge in [-0.2, -0.15) is 0 Å². The van der Waals surface area contributed by atoms with Crippen LogP contribution in [0.3, 0.4) is 0 Å². The number of benzene rings is 1. The molecule has 1 saturated carbocycles. The average molecular weight is 402 g/mol. The lowest BCUT2D eigenvalue weighted by molar-refractivity contribution is -0.361. The first kappa shape index (κ1) is 19.4. The van der Waals surface area contributed by atoms with Gasteiger partial charge in [0.2, 0.25) is 0 Å². The molecule has 1 aromatic rings. The minimum atomic E-state index is -1.91. The van der Waals surface area contributed by atoms with Gasteiger partial charge in [0.15, 0.2) is 19.7 Å². The van der Waals surface area contributed by atoms with Crippen LogP contribution in [-0.2, 0) is 23.5 Å². The average Bonchev–Trinajstić information content (AvgIpc) is 3.10. The molecule has 3 atom stereocenters. The monoisotopic (exact) mass is 401 g/mol. The number of hydrogen-bond acceptors (Lipinski definition) is 5. The lowest BCUT2D eigenvalue weighted by atomic mass is 9.71. The van der Waals surface area contributed by atoms with Crippen molar-refractivity contribution in [2.24, 2.45) is 5.92 Å². The highest BCUT2D eigenvalue weighted by molar-refractivity contribution is 6.69. The van der Waals surface area contributed by atoms with Gasteiger partial charge in [-0.05, 0) is 45.0 Å². The molecule has 1 amide bonds. The maximum absolute atomic E-state index is 13.2. The Morgan fingerprint density at radius 1 is 1.29 bits per heavy atom. The Hall–Kier alpha value is -1.96. The second-order valence-electron chi connectivity index (χ2n) is 8.60. The van der Waals surface area contributed by atoms with Crippen molar-refractivity contribution in [2.45, 2.75) is 57.2 Å². The number of esters is 1. The van der Waals surface area contributed by atoms with Crippen LogP contribution in [-0.4, -0.2) is 38.2 Å². The van der Waals surface area contributed by atoms with E-state index in [0.717, 1.165) is 24.8 Å². The van der Waals surface area contributed by atoms with Crippen LogP contribution in [0.1, 0.15) is 31.7 Å². The molecule has 0 unspecified atom stereocenters. The van der Waals surface area contributed by atoms with E-state index in [0.29, 0.717) is 5.70 Å². The number of carbonyl (C=O) groups is 2. The number of fused-ring (bicyclic) bond motifs is 2. The Balaban J connectivity index is 1.81. The van der Waals surface area contributed by atoms with E-state index in [2.05, 4.69) is 25.0 Å². The Morgan fingerprint density at radius 2 is 2.00 bits per heavy atom.